The van der Waals surface area contributed by atoms with Gasteiger partial charge in [-0.3, -0.25) is 0 Å². The van der Waals surface area contributed by atoms with Crippen LogP contribution in [-0.2, 0) is 6.42 Å². The maximum Gasteiger partial charge on any atom is 0.127 e. The summed E-state index contributed by atoms with van der Waals surface area (Å²) in [7, 11) is 0. The Labute approximate surface area is 110 Å². The fraction of sp³-hybridized carbons (Fsp3) is 0.467. The van der Waals surface area contributed by atoms with E-state index in [1.807, 2.05) is 25.1 Å². The minimum Gasteiger partial charge on any atom is -0.493 e. The van der Waals surface area contributed by atoms with Crippen LogP contribution in [-0.4, -0.2) is 19.3 Å². The van der Waals surface area contributed by atoms with Crippen molar-refractivity contribution in [1.29, 1.82) is 0 Å². The molecule has 1 rings (SSSR count). The lowest BCUT2D eigenvalue weighted by molar-refractivity contribution is 0.263. The highest BCUT2D eigenvalue weighted by atomic mass is 16.5. The molecule has 1 aromatic rings. The van der Waals surface area contributed by atoms with Crippen molar-refractivity contribution in [3.8, 4) is 11.5 Å². The average molecular weight is 249 g/mol. The van der Waals surface area contributed by atoms with Crippen LogP contribution >= 0.6 is 0 Å². The van der Waals surface area contributed by atoms with Gasteiger partial charge in [0.1, 0.15) is 17.6 Å². The van der Waals surface area contributed by atoms with Gasteiger partial charge in [-0.2, -0.15) is 0 Å². The Morgan fingerprint density at radius 1 is 1.44 bits per heavy atom. The second-order valence-corrected chi connectivity index (χ2v) is 4.22. The molecule has 1 aromatic carbocycles. The van der Waals surface area contributed by atoms with E-state index >= 15 is 0 Å². The first-order valence-electron chi connectivity index (χ1n) is 6.46. The molecule has 0 amide bonds. The molecule has 3 heteroatoms. The molecule has 0 bridgehead atoms. The third kappa shape index (κ3) is 4.41. The summed E-state index contributed by atoms with van der Waals surface area (Å²) in [5.41, 5.74) is 6.71. The summed E-state index contributed by atoms with van der Waals surface area (Å²) in [5, 5.41) is 0. The maximum absolute atomic E-state index is 5.81. The Balaban J connectivity index is 2.87. The molecule has 1 atom stereocenters. The fourth-order valence-electron chi connectivity index (χ4n) is 1.56. The summed E-state index contributed by atoms with van der Waals surface area (Å²) < 4.78 is 11.4. The van der Waals surface area contributed by atoms with E-state index in [1.165, 1.54) is 0 Å². The summed E-state index contributed by atoms with van der Waals surface area (Å²) >= 11 is 0. The quantitative estimate of drug-likeness (QED) is 0.720. The second-order valence-electron chi connectivity index (χ2n) is 4.22. The molecular weight excluding hydrogens is 226 g/mol. The van der Waals surface area contributed by atoms with E-state index in [4.69, 9.17) is 15.2 Å². The normalized spacial score (nSPS) is 11.9. The summed E-state index contributed by atoms with van der Waals surface area (Å²) in [6.45, 7) is 9.08. The molecule has 0 aliphatic rings. The molecule has 0 aliphatic carbocycles. The van der Waals surface area contributed by atoms with Crippen molar-refractivity contribution in [3.05, 3.63) is 36.4 Å². The van der Waals surface area contributed by atoms with Gasteiger partial charge >= 0.3 is 0 Å². The van der Waals surface area contributed by atoms with Crippen LogP contribution in [0.1, 0.15) is 25.8 Å². The first-order valence-corrected chi connectivity index (χ1v) is 6.46. The van der Waals surface area contributed by atoms with Crippen LogP contribution in [0.15, 0.2) is 30.9 Å². The number of ether oxygens (including phenoxy) is 2. The lowest BCUT2D eigenvalue weighted by atomic mass is 10.1. The number of benzene rings is 1. The number of hydrogen-bond acceptors (Lipinski definition) is 3. The van der Waals surface area contributed by atoms with Gasteiger partial charge < -0.3 is 15.2 Å². The molecule has 0 radical (unpaired) electrons. The van der Waals surface area contributed by atoms with Gasteiger partial charge in [-0.15, -0.1) is 0 Å². The SMILES string of the molecule is C=CC(C)Oc1cc(OCCC)ccc1CCN. The second kappa shape index (κ2) is 7.77. The lowest BCUT2D eigenvalue weighted by Crippen LogP contribution is -2.11. The van der Waals surface area contributed by atoms with Crippen molar-refractivity contribution in [3.63, 3.8) is 0 Å². The molecule has 2 N–H and O–H groups in total. The van der Waals surface area contributed by atoms with E-state index in [9.17, 15) is 0 Å². The predicted octanol–water partition coefficient (Wildman–Crippen LogP) is 2.93. The summed E-state index contributed by atoms with van der Waals surface area (Å²) in [6.07, 6.45) is 3.53. The van der Waals surface area contributed by atoms with Crippen molar-refractivity contribution in [2.75, 3.05) is 13.2 Å². The minimum absolute atomic E-state index is 0.0250. The molecule has 0 saturated carbocycles. The van der Waals surface area contributed by atoms with Crippen molar-refractivity contribution in [2.45, 2.75) is 32.8 Å². The molecule has 0 aliphatic heterocycles. The van der Waals surface area contributed by atoms with Gasteiger partial charge in [-0.25, -0.2) is 0 Å². The topological polar surface area (TPSA) is 44.5 Å². The molecule has 1 unspecified atom stereocenters. The first kappa shape index (κ1) is 14.6. The van der Waals surface area contributed by atoms with Crippen LogP contribution in [0.25, 0.3) is 0 Å². The Bertz CT molecular complexity index is 377. The Morgan fingerprint density at radius 2 is 2.22 bits per heavy atom. The van der Waals surface area contributed by atoms with E-state index < -0.39 is 0 Å². The number of hydrogen-bond donors (Lipinski definition) is 1. The molecule has 0 aromatic heterocycles. The summed E-state index contributed by atoms with van der Waals surface area (Å²) in [6, 6.07) is 5.91. The van der Waals surface area contributed by atoms with Crippen molar-refractivity contribution >= 4 is 0 Å². The smallest absolute Gasteiger partial charge is 0.127 e. The zero-order valence-electron chi connectivity index (χ0n) is 11.3. The largest absolute Gasteiger partial charge is 0.493 e. The third-order valence-electron chi connectivity index (χ3n) is 2.57. The highest BCUT2D eigenvalue weighted by Crippen LogP contribution is 2.26. The molecule has 0 spiro atoms. The molecule has 0 saturated heterocycles. The van der Waals surface area contributed by atoms with E-state index in [2.05, 4.69) is 13.5 Å². The predicted molar refractivity (Wildman–Crippen MR) is 75.3 cm³/mol. The Morgan fingerprint density at radius 3 is 2.83 bits per heavy atom. The van der Waals surface area contributed by atoms with Gasteiger partial charge in [-0.1, -0.05) is 25.6 Å². The molecule has 0 fully saturated rings. The van der Waals surface area contributed by atoms with E-state index in [-0.39, 0.29) is 6.10 Å². The first-order chi connectivity index (χ1) is 8.71. The molecule has 100 valence electrons. The fourth-order valence-corrected chi connectivity index (χ4v) is 1.56. The van der Waals surface area contributed by atoms with Crippen LogP contribution in [0, 0.1) is 0 Å². The van der Waals surface area contributed by atoms with Gasteiger partial charge in [0.25, 0.3) is 0 Å². The van der Waals surface area contributed by atoms with Crippen molar-refractivity contribution in [2.24, 2.45) is 5.73 Å². The van der Waals surface area contributed by atoms with Crippen LogP contribution < -0.4 is 15.2 Å². The van der Waals surface area contributed by atoms with E-state index in [0.29, 0.717) is 13.2 Å². The molecular formula is C15H23NO2. The summed E-state index contributed by atoms with van der Waals surface area (Å²) in [4.78, 5) is 0. The molecule has 18 heavy (non-hydrogen) atoms. The standard InChI is InChI=1S/C15H23NO2/c1-4-10-17-14-7-6-13(8-9-16)15(11-14)18-12(3)5-2/h5-7,11-12H,2,4,8-10,16H2,1,3H3. The van der Waals surface area contributed by atoms with Crippen LogP contribution in [0.3, 0.4) is 0 Å². The highest BCUT2D eigenvalue weighted by molar-refractivity contribution is 5.41. The zero-order chi connectivity index (χ0) is 13.4. The number of rotatable bonds is 8. The minimum atomic E-state index is -0.0250. The molecule has 3 nitrogen and oxygen atoms in total. The lowest BCUT2D eigenvalue weighted by Gasteiger charge is -2.16. The van der Waals surface area contributed by atoms with E-state index in [1.54, 1.807) is 6.08 Å². The monoisotopic (exact) mass is 249 g/mol. The molecule has 0 heterocycles. The average Bonchev–Trinajstić information content (AvgIpc) is 2.39. The Kier molecular flexibility index (Phi) is 6.29. The Hall–Kier alpha value is -1.48. The van der Waals surface area contributed by atoms with Gasteiger partial charge in [0, 0.05) is 6.07 Å². The van der Waals surface area contributed by atoms with Crippen molar-refractivity contribution < 1.29 is 9.47 Å². The van der Waals surface area contributed by atoms with Crippen molar-refractivity contribution in [1.82, 2.24) is 0 Å². The summed E-state index contributed by atoms with van der Waals surface area (Å²) in [5.74, 6) is 1.67. The van der Waals surface area contributed by atoms with Crippen LogP contribution in [0.5, 0.6) is 11.5 Å². The third-order valence-corrected chi connectivity index (χ3v) is 2.57. The van der Waals surface area contributed by atoms with E-state index in [0.717, 1.165) is 29.9 Å². The zero-order valence-corrected chi connectivity index (χ0v) is 11.3. The maximum atomic E-state index is 5.81. The van der Waals surface area contributed by atoms with Gasteiger partial charge in [0.05, 0.1) is 6.61 Å². The van der Waals surface area contributed by atoms with Gasteiger partial charge in [0.15, 0.2) is 0 Å². The van der Waals surface area contributed by atoms with Gasteiger partial charge in [-0.05, 0) is 37.9 Å². The van der Waals surface area contributed by atoms with Crippen LogP contribution in [0.2, 0.25) is 0 Å². The number of nitrogens with two attached hydrogens (primary N) is 1. The highest BCUT2D eigenvalue weighted by Gasteiger charge is 2.08. The van der Waals surface area contributed by atoms with Gasteiger partial charge in [0.2, 0.25) is 0 Å². The van der Waals surface area contributed by atoms with Crippen LogP contribution in [0.4, 0.5) is 0 Å².